The first-order chi connectivity index (χ1) is 28.9. The van der Waals surface area contributed by atoms with Crippen molar-refractivity contribution in [1.29, 1.82) is 0 Å². The number of hydrogen-bond donors (Lipinski definition) is 2. The maximum absolute atomic E-state index is 13.3. The minimum atomic E-state index is -1.35. The summed E-state index contributed by atoms with van der Waals surface area (Å²) in [4.78, 5) is 42.3. The lowest BCUT2D eigenvalue weighted by molar-refractivity contribution is -0.129. The van der Waals surface area contributed by atoms with E-state index in [0.29, 0.717) is 16.6 Å². The predicted molar refractivity (Wildman–Crippen MR) is 225 cm³/mol. The molecule has 7 rings (SSSR count). The molecule has 0 saturated heterocycles. The molecule has 0 atom stereocenters. The van der Waals surface area contributed by atoms with Gasteiger partial charge in [-0.25, -0.2) is 9.78 Å². The van der Waals surface area contributed by atoms with Gasteiger partial charge in [0.05, 0.1) is 20.4 Å². The van der Waals surface area contributed by atoms with E-state index in [1.807, 2.05) is 127 Å². The average Bonchev–Trinajstić information content (AvgIpc) is 3.75. The minimum Gasteiger partial charge on any atom is -0.497 e. The molecule has 0 fully saturated rings. The van der Waals surface area contributed by atoms with Crippen LogP contribution in [-0.2, 0) is 35.0 Å². The second kappa shape index (κ2) is 18.7. The van der Waals surface area contributed by atoms with Crippen molar-refractivity contribution in [3.8, 4) is 17.2 Å². The van der Waals surface area contributed by atoms with Crippen molar-refractivity contribution >= 4 is 28.1 Å². The Morgan fingerprint density at radius 3 is 1.78 bits per heavy atom. The number of aliphatic carboxylic acids is 1. The van der Waals surface area contributed by atoms with Crippen molar-refractivity contribution in [2.45, 2.75) is 25.4 Å². The molecular formula is C46H40N4O8S. The number of ether oxygens (including phenoxy) is 3. The SMILES string of the molecule is COc1ccc(COc2cn(OCc3ccc(OC)cc3)c(CO/N=C(\C(=O)O)c3csc(NC(c4ccccc4)(c4ccccc4)c4ccccc4)n3)cc2=O)cc1. The van der Waals surface area contributed by atoms with Crippen LogP contribution in [0, 0.1) is 0 Å². The third kappa shape index (κ3) is 9.43. The Hall–Kier alpha value is -7.38. The van der Waals surface area contributed by atoms with E-state index >= 15 is 0 Å². The first-order valence-corrected chi connectivity index (χ1v) is 19.4. The molecule has 2 heterocycles. The van der Waals surface area contributed by atoms with Gasteiger partial charge in [-0.3, -0.25) is 4.79 Å². The monoisotopic (exact) mass is 808 g/mol. The van der Waals surface area contributed by atoms with E-state index in [1.165, 1.54) is 28.3 Å². The van der Waals surface area contributed by atoms with Gasteiger partial charge >= 0.3 is 5.97 Å². The lowest BCUT2D eigenvalue weighted by Crippen LogP contribution is -2.38. The number of carboxylic acids is 1. The van der Waals surface area contributed by atoms with Gasteiger partial charge in [0.25, 0.3) is 0 Å². The molecule has 13 heteroatoms. The van der Waals surface area contributed by atoms with Crippen molar-refractivity contribution in [3.05, 3.63) is 207 Å². The number of carbonyl (C=O) groups is 1. The molecule has 0 saturated carbocycles. The summed E-state index contributed by atoms with van der Waals surface area (Å²) >= 11 is 1.24. The Morgan fingerprint density at radius 2 is 1.27 bits per heavy atom. The van der Waals surface area contributed by atoms with E-state index < -0.39 is 22.6 Å². The number of thiazole rings is 1. The molecule has 59 heavy (non-hydrogen) atoms. The molecule has 2 N–H and O–H groups in total. The van der Waals surface area contributed by atoms with Crippen LogP contribution in [0.1, 0.15) is 39.2 Å². The number of pyridine rings is 1. The fourth-order valence-electron chi connectivity index (χ4n) is 6.36. The van der Waals surface area contributed by atoms with E-state index in [4.69, 9.17) is 28.9 Å². The van der Waals surface area contributed by atoms with Crippen LogP contribution in [0.3, 0.4) is 0 Å². The molecule has 0 spiro atoms. The molecule has 298 valence electrons. The van der Waals surface area contributed by atoms with Gasteiger partial charge in [-0.2, -0.15) is 4.73 Å². The number of hydrogen-bond acceptors (Lipinski definition) is 11. The Balaban J connectivity index is 1.15. The third-order valence-electron chi connectivity index (χ3n) is 9.37. The Labute approximate surface area is 344 Å². The van der Waals surface area contributed by atoms with Gasteiger partial charge in [0, 0.05) is 11.4 Å². The van der Waals surface area contributed by atoms with E-state index in [2.05, 4.69) is 10.5 Å². The number of aromatic nitrogens is 2. The second-order valence-electron chi connectivity index (χ2n) is 13.1. The summed E-state index contributed by atoms with van der Waals surface area (Å²) in [5, 5.41) is 20.0. The molecule has 0 radical (unpaired) electrons. The summed E-state index contributed by atoms with van der Waals surface area (Å²) < 4.78 is 17.7. The summed E-state index contributed by atoms with van der Waals surface area (Å²) in [5.74, 6) is 0.0782. The molecule has 0 aliphatic rings. The van der Waals surface area contributed by atoms with E-state index in [0.717, 1.165) is 27.8 Å². The topological polar surface area (TPSA) is 143 Å². The van der Waals surface area contributed by atoms with Crippen molar-refractivity contribution < 1.29 is 33.8 Å². The maximum atomic E-state index is 13.3. The molecule has 0 unspecified atom stereocenters. The van der Waals surface area contributed by atoms with Crippen LogP contribution < -0.4 is 29.8 Å². The molecule has 2 aromatic heterocycles. The quantitative estimate of drug-likeness (QED) is 0.0499. The van der Waals surface area contributed by atoms with Crippen LogP contribution in [0.4, 0.5) is 5.13 Å². The van der Waals surface area contributed by atoms with Crippen LogP contribution in [0.25, 0.3) is 0 Å². The highest BCUT2D eigenvalue weighted by atomic mass is 32.1. The van der Waals surface area contributed by atoms with Crippen LogP contribution in [0.15, 0.2) is 167 Å². The highest BCUT2D eigenvalue weighted by Gasteiger charge is 2.37. The summed E-state index contributed by atoms with van der Waals surface area (Å²) in [6, 6.07) is 45.9. The Bertz CT molecular complexity index is 2450. The molecule has 5 aromatic carbocycles. The largest absolute Gasteiger partial charge is 0.497 e. The van der Waals surface area contributed by atoms with E-state index in [9.17, 15) is 14.7 Å². The smallest absolute Gasteiger partial charge is 0.360 e. The minimum absolute atomic E-state index is 0.0362. The first-order valence-electron chi connectivity index (χ1n) is 18.5. The zero-order chi connectivity index (χ0) is 41.0. The van der Waals surface area contributed by atoms with Gasteiger partial charge in [0.15, 0.2) is 17.5 Å². The van der Waals surface area contributed by atoms with Crippen molar-refractivity contribution in [3.63, 3.8) is 0 Å². The maximum Gasteiger partial charge on any atom is 0.360 e. The standard InChI is InChI=1S/C46H40N4O8S/c1-54-38-22-18-32(19-23-38)28-56-42-27-50(58-29-33-20-24-39(55-2)25-21-33)37(26-41(42)51)30-57-49-43(44(52)53)40-31-59-45(47-40)48-46(34-12-6-3-7-13-34,35-14-8-4-9-15-35)36-16-10-5-11-17-36/h3-27,31H,28-30H2,1-2H3,(H,47,48)(H,52,53)/b49-43-. The molecule has 12 nitrogen and oxygen atoms in total. The fraction of sp³-hybridized carbons (Fsp3) is 0.130. The Kier molecular flexibility index (Phi) is 12.6. The van der Waals surface area contributed by atoms with Gasteiger partial charge in [-0.05, 0) is 52.1 Å². The summed E-state index contributed by atoms with van der Waals surface area (Å²) in [5.41, 5.74) is 3.14. The number of oxime groups is 1. The van der Waals surface area contributed by atoms with Gasteiger partial charge in [-0.15, -0.1) is 11.3 Å². The summed E-state index contributed by atoms with van der Waals surface area (Å²) in [6.45, 7) is -0.0816. The first kappa shape index (κ1) is 39.8. The number of carboxylic acid groups (broad SMARTS) is 1. The molecule has 0 aliphatic carbocycles. The van der Waals surface area contributed by atoms with Crippen molar-refractivity contribution in [2.24, 2.45) is 5.16 Å². The van der Waals surface area contributed by atoms with Crippen molar-refractivity contribution in [1.82, 2.24) is 9.71 Å². The molecular weight excluding hydrogens is 769 g/mol. The normalized spacial score (nSPS) is 11.4. The Morgan fingerprint density at radius 1 is 0.746 bits per heavy atom. The average molecular weight is 809 g/mol. The molecule has 0 aliphatic heterocycles. The lowest BCUT2D eigenvalue weighted by Gasteiger charge is -2.36. The lowest BCUT2D eigenvalue weighted by atomic mass is 9.77. The molecule has 7 aromatic rings. The number of benzene rings is 5. The summed E-state index contributed by atoms with van der Waals surface area (Å²) in [6.07, 6.45) is 1.42. The highest BCUT2D eigenvalue weighted by Crippen LogP contribution is 2.40. The number of nitrogens with one attached hydrogen (secondary N) is 1. The summed E-state index contributed by atoms with van der Waals surface area (Å²) in [7, 11) is 3.17. The number of rotatable bonds is 18. The zero-order valence-corrected chi connectivity index (χ0v) is 33.0. The van der Waals surface area contributed by atoms with Gasteiger partial charge in [-0.1, -0.05) is 120 Å². The van der Waals surface area contributed by atoms with Crippen LogP contribution >= 0.6 is 11.3 Å². The van der Waals surface area contributed by atoms with Crippen LogP contribution in [-0.4, -0.2) is 40.7 Å². The van der Waals surface area contributed by atoms with E-state index in [-0.39, 0.29) is 37.0 Å². The number of methoxy groups -OCH3 is 2. The zero-order valence-electron chi connectivity index (χ0n) is 32.2. The predicted octanol–water partition coefficient (Wildman–Crippen LogP) is 7.94. The van der Waals surface area contributed by atoms with E-state index in [1.54, 1.807) is 31.7 Å². The fourth-order valence-corrected chi connectivity index (χ4v) is 7.11. The third-order valence-corrected chi connectivity index (χ3v) is 10.1. The van der Waals surface area contributed by atoms with Crippen LogP contribution in [0.2, 0.25) is 0 Å². The van der Waals surface area contributed by atoms with Crippen LogP contribution in [0.5, 0.6) is 17.2 Å². The van der Waals surface area contributed by atoms with Crippen molar-refractivity contribution in [2.75, 3.05) is 19.5 Å². The van der Waals surface area contributed by atoms with Gasteiger partial charge in [0.2, 0.25) is 11.1 Å². The highest BCUT2D eigenvalue weighted by molar-refractivity contribution is 7.14. The van der Waals surface area contributed by atoms with Gasteiger partial charge in [0.1, 0.15) is 41.6 Å². The number of anilines is 1. The van der Waals surface area contributed by atoms with Gasteiger partial charge < -0.3 is 34.3 Å². The molecule has 0 amide bonds. The second-order valence-corrected chi connectivity index (χ2v) is 14.0. The molecule has 0 bridgehead atoms. The number of nitrogens with zero attached hydrogens (tertiary/aromatic N) is 3.